The topological polar surface area (TPSA) is 35.5 Å². The standard InChI is InChI=1S/C14H28O3Si/c1-11-7-8-12(15)13(17-11)9-10-16-18(5,6)14(2,3)4/h11,13H,7-10H2,1-6H3/t11-,13?/m1/s1. The van der Waals surface area contributed by atoms with Gasteiger partial charge in [0.15, 0.2) is 14.1 Å². The lowest BCUT2D eigenvalue weighted by atomic mass is 10.0. The Hall–Kier alpha value is -0.193. The van der Waals surface area contributed by atoms with Crippen molar-refractivity contribution in [3.05, 3.63) is 0 Å². The molecule has 0 saturated carbocycles. The Morgan fingerprint density at radius 1 is 1.39 bits per heavy atom. The maximum absolute atomic E-state index is 11.7. The van der Waals surface area contributed by atoms with Gasteiger partial charge in [0.05, 0.1) is 6.10 Å². The molecule has 1 rings (SSSR count). The molecule has 1 unspecified atom stereocenters. The molecule has 0 aromatic rings. The highest BCUT2D eigenvalue weighted by atomic mass is 28.4. The van der Waals surface area contributed by atoms with Gasteiger partial charge < -0.3 is 9.16 Å². The third-order valence-corrected chi connectivity index (χ3v) is 8.74. The monoisotopic (exact) mass is 272 g/mol. The fourth-order valence-electron chi connectivity index (χ4n) is 1.80. The van der Waals surface area contributed by atoms with Gasteiger partial charge in [0.2, 0.25) is 0 Å². The highest BCUT2D eigenvalue weighted by Gasteiger charge is 2.37. The van der Waals surface area contributed by atoms with E-state index in [-0.39, 0.29) is 23.0 Å². The molecule has 1 aliphatic heterocycles. The average Bonchev–Trinajstić information content (AvgIpc) is 2.21. The number of ether oxygens (including phenoxy) is 1. The zero-order valence-corrected chi connectivity index (χ0v) is 13.7. The van der Waals surface area contributed by atoms with Crippen LogP contribution in [-0.2, 0) is 14.0 Å². The number of carbonyl (C=O) groups excluding carboxylic acids is 1. The van der Waals surface area contributed by atoms with Gasteiger partial charge in [0, 0.05) is 19.4 Å². The van der Waals surface area contributed by atoms with Crippen LogP contribution in [0.2, 0.25) is 18.1 Å². The van der Waals surface area contributed by atoms with Gasteiger partial charge in [-0.05, 0) is 31.5 Å². The van der Waals surface area contributed by atoms with Crippen LogP contribution < -0.4 is 0 Å². The summed E-state index contributed by atoms with van der Waals surface area (Å²) >= 11 is 0. The number of hydrogen-bond donors (Lipinski definition) is 0. The molecule has 0 radical (unpaired) electrons. The minimum Gasteiger partial charge on any atom is -0.417 e. The molecule has 0 aliphatic carbocycles. The SMILES string of the molecule is C[C@@H]1CCC(=O)C(CCO[Si](C)(C)C(C)(C)C)O1. The molecule has 1 aliphatic rings. The van der Waals surface area contributed by atoms with E-state index < -0.39 is 8.32 Å². The lowest BCUT2D eigenvalue weighted by molar-refractivity contribution is -0.142. The molecule has 0 bridgehead atoms. The zero-order chi connectivity index (χ0) is 14.0. The Kier molecular flexibility index (Phi) is 5.15. The Bertz CT molecular complexity index is 294. The third-order valence-electron chi connectivity index (χ3n) is 4.20. The Morgan fingerprint density at radius 3 is 2.56 bits per heavy atom. The predicted octanol–water partition coefficient (Wildman–Crippen LogP) is 3.53. The quantitative estimate of drug-likeness (QED) is 0.734. The maximum atomic E-state index is 11.7. The van der Waals surface area contributed by atoms with Crippen molar-refractivity contribution in [2.45, 2.75) is 77.3 Å². The number of rotatable bonds is 4. The summed E-state index contributed by atoms with van der Waals surface area (Å²) in [5.41, 5.74) is 0. The van der Waals surface area contributed by atoms with Crippen LogP contribution in [0.5, 0.6) is 0 Å². The van der Waals surface area contributed by atoms with Crippen molar-refractivity contribution >= 4 is 14.1 Å². The van der Waals surface area contributed by atoms with Crippen molar-refractivity contribution in [1.82, 2.24) is 0 Å². The summed E-state index contributed by atoms with van der Waals surface area (Å²) in [4.78, 5) is 11.7. The van der Waals surface area contributed by atoms with Crippen LogP contribution >= 0.6 is 0 Å². The van der Waals surface area contributed by atoms with Crippen LogP contribution in [0.15, 0.2) is 0 Å². The predicted molar refractivity (Wildman–Crippen MR) is 76.3 cm³/mol. The van der Waals surface area contributed by atoms with Gasteiger partial charge in [-0.3, -0.25) is 4.79 Å². The summed E-state index contributed by atoms with van der Waals surface area (Å²) in [6.45, 7) is 13.8. The molecule has 0 spiro atoms. The molecule has 0 aromatic heterocycles. The van der Waals surface area contributed by atoms with Gasteiger partial charge in [-0.2, -0.15) is 0 Å². The van der Waals surface area contributed by atoms with Crippen LogP contribution in [0.1, 0.15) is 47.0 Å². The number of hydrogen-bond acceptors (Lipinski definition) is 3. The smallest absolute Gasteiger partial charge is 0.191 e. The van der Waals surface area contributed by atoms with E-state index in [0.717, 1.165) is 6.42 Å². The minimum absolute atomic E-state index is 0.209. The van der Waals surface area contributed by atoms with Crippen molar-refractivity contribution in [1.29, 1.82) is 0 Å². The van der Waals surface area contributed by atoms with Gasteiger partial charge in [-0.1, -0.05) is 20.8 Å². The molecule has 2 atom stereocenters. The first-order valence-corrected chi connectivity index (χ1v) is 9.86. The molecule has 0 aromatic carbocycles. The van der Waals surface area contributed by atoms with Crippen LogP contribution in [0.25, 0.3) is 0 Å². The van der Waals surface area contributed by atoms with Gasteiger partial charge in [0.1, 0.15) is 6.10 Å². The molecular formula is C14H28O3Si. The molecule has 1 fully saturated rings. The van der Waals surface area contributed by atoms with E-state index in [4.69, 9.17) is 9.16 Å². The lowest BCUT2D eigenvalue weighted by Crippen LogP contribution is -2.42. The lowest BCUT2D eigenvalue weighted by Gasteiger charge is -2.36. The Balaban J connectivity index is 2.39. The van der Waals surface area contributed by atoms with E-state index in [0.29, 0.717) is 19.4 Å². The second-order valence-electron chi connectivity index (χ2n) is 6.84. The van der Waals surface area contributed by atoms with Crippen LogP contribution in [-0.4, -0.2) is 32.9 Å². The van der Waals surface area contributed by atoms with Crippen molar-refractivity contribution in [2.75, 3.05) is 6.61 Å². The fraction of sp³-hybridized carbons (Fsp3) is 0.929. The summed E-state index contributed by atoms with van der Waals surface area (Å²) in [5, 5.41) is 0.220. The Morgan fingerprint density at radius 2 is 2.00 bits per heavy atom. The van der Waals surface area contributed by atoms with Gasteiger partial charge in [-0.15, -0.1) is 0 Å². The Labute approximate surface area is 112 Å². The van der Waals surface area contributed by atoms with E-state index >= 15 is 0 Å². The second-order valence-corrected chi connectivity index (χ2v) is 11.6. The molecule has 18 heavy (non-hydrogen) atoms. The molecule has 0 N–H and O–H groups in total. The number of Topliss-reactive ketones (excluding diaryl/α,β-unsaturated/α-hetero) is 1. The van der Waals surface area contributed by atoms with Crippen LogP contribution in [0.3, 0.4) is 0 Å². The highest BCUT2D eigenvalue weighted by Crippen LogP contribution is 2.36. The minimum atomic E-state index is -1.70. The first-order chi connectivity index (χ1) is 8.13. The van der Waals surface area contributed by atoms with Crippen LogP contribution in [0.4, 0.5) is 0 Å². The molecule has 4 heteroatoms. The molecule has 3 nitrogen and oxygen atoms in total. The summed E-state index contributed by atoms with van der Waals surface area (Å²) in [5.74, 6) is 0.243. The maximum Gasteiger partial charge on any atom is 0.191 e. The van der Waals surface area contributed by atoms with Crippen molar-refractivity contribution in [2.24, 2.45) is 0 Å². The number of ketones is 1. The molecular weight excluding hydrogens is 244 g/mol. The van der Waals surface area contributed by atoms with E-state index in [1.807, 2.05) is 6.92 Å². The van der Waals surface area contributed by atoms with Crippen molar-refractivity contribution in [3.8, 4) is 0 Å². The van der Waals surface area contributed by atoms with Gasteiger partial charge in [0.25, 0.3) is 0 Å². The summed E-state index contributed by atoms with van der Waals surface area (Å²) < 4.78 is 11.8. The zero-order valence-electron chi connectivity index (χ0n) is 12.7. The summed E-state index contributed by atoms with van der Waals surface area (Å²) in [6, 6.07) is 0. The fourth-order valence-corrected chi connectivity index (χ4v) is 2.86. The molecule has 1 saturated heterocycles. The first kappa shape index (κ1) is 15.9. The van der Waals surface area contributed by atoms with E-state index in [9.17, 15) is 4.79 Å². The normalized spacial score (nSPS) is 26.4. The summed E-state index contributed by atoms with van der Waals surface area (Å²) in [6.07, 6.45) is 2.19. The molecule has 106 valence electrons. The van der Waals surface area contributed by atoms with Crippen LogP contribution in [0, 0.1) is 0 Å². The number of carbonyl (C=O) groups is 1. The van der Waals surface area contributed by atoms with E-state index in [1.54, 1.807) is 0 Å². The van der Waals surface area contributed by atoms with Crippen molar-refractivity contribution < 1.29 is 14.0 Å². The third kappa shape index (κ3) is 4.18. The molecule has 0 amide bonds. The highest BCUT2D eigenvalue weighted by molar-refractivity contribution is 6.74. The van der Waals surface area contributed by atoms with E-state index in [2.05, 4.69) is 33.9 Å². The largest absolute Gasteiger partial charge is 0.417 e. The van der Waals surface area contributed by atoms with Gasteiger partial charge >= 0.3 is 0 Å². The first-order valence-electron chi connectivity index (χ1n) is 6.95. The average molecular weight is 272 g/mol. The summed E-state index contributed by atoms with van der Waals surface area (Å²) in [7, 11) is -1.70. The van der Waals surface area contributed by atoms with E-state index in [1.165, 1.54) is 0 Å². The van der Waals surface area contributed by atoms with Gasteiger partial charge in [-0.25, -0.2) is 0 Å². The second kappa shape index (κ2) is 5.84. The molecule has 1 heterocycles. The van der Waals surface area contributed by atoms with Crippen molar-refractivity contribution in [3.63, 3.8) is 0 Å².